The van der Waals surface area contributed by atoms with Crippen LogP contribution in [-0.4, -0.2) is 43.5 Å². The molecule has 0 radical (unpaired) electrons. The van der Waals surface area contributed by atoms with Crippen molar-refractivity contribution in [3.63, 3.8) is 0 Å². The summed E-state index contributed by atoms with van der Waals surface area (Å²) in [6, 6.07) is 6.49. The van der Waals surface area contributed by atoms with Crippen LogP contribution in [0.1, 0.15) is 11.1 Å². The second-order valence-corrected chi connectivity index (χ2v) is 5.07. The Morgan fingerprint density at radius 1 is 1.39 bits per heavy atom. The van der Waals surface area contributed by atoms with Crippen molar-refractivity contribution in [1.82, 2.24) is 10.2 Å². The summed E-state index contributed by atoms with van der Waals surface area (Å²) in [5.74, 6) is 0.0488. The molecule has 1 fully saturated rings. The summed E-state index contributed by atoms with van der Waals surface area (Å²) >= 11 is 0. The molecule has 1 aliphatic heterocycles. The first-order valence-electron chi connectivity index (χ1n) is 6.34. The van der Waals surface area contributed by atoms with Gasteiger partial charge in [0, 0.05) is 24.8 Å². The largest absolute Gasteiger partial charge is 0.325 e. The van der Waals surface area contributed by atoms with E-state index in [9.17, 15) is 4.79 Å². The van der Waals surface area contributed by atoms with E-state index >= 15 is 0 Å². The fourth-order valence-electron chi connectivity index (χ4n) is 1.96. The van der Waals surface area contributed by atoms with Gasteiger partial charge in [0.15, 0.2) is 0 Å². The molecule has 18 heavy (non-hydrogen) atoms. The number of anilines is 1. The number of rotatable bonds is 4. The Kier molecular flexibility index (Phi) is 3.99. The molecule has 98 valence electrons. The van der Waals surface area contributed by atoms with E-state index in [0.29, 0.717) is 12.6 Å². The van der Waals surface area contributed by atoms with Gasteiger partial charge in [-0.25, -0.2) is 0 Å². The Morgan fingerprint density at radius 2 is 2.11 bits per heavy atom. The Morgan fingerprint density at radius 3 is 2.67 bits per heavy atom. The topological polar surface area (TPSA) is 44.4 Å². The number of benzene rings is 1. The predicted molar refractivity (Wildman–Crippen MR) is 73.8 cm³/mol. The minimum atomic E-state index is 0.0488. The summed E-state index contributed by atoms with van der Waals surface area (Å²) in [6.45, 7) is 6.52. The van der Waals surface area contributed by atoms with E-state index in [4.69, 9.17) is 0 Å². The molecule has 2 N–H and O–H groups in total. The summed E-state index contributed by atoms with van der Waals surface area (Å²) in [4.78, 5) is 14.0. The lowest BCUT2D eigenvalue weighted by Crippen LogP contribution is -2.57. The third-order valence-electron chi connectivity index (χ3n) is 3.57. The van der Waals surface area contributed by atoms with Crippen molar-refractivity contribution >= 4 is 11.6 Å². The highest BCUT2D eigenvalue weighted by Gasteiger charge is 2.22. The van der Waals surface area contributed by atoms with Crippen LogP contribution in [-0.2, 0) is 4.79 Å². The lowest BCUT2D eigenvalue weighted by molar-refractivity contribution is -0.117. The van der Waals surface area contributed by atoms with E-state index in [2.05, 4.69) is 29.4 Å². The van der Waals surface area contributed by atoms with E-state index < -0.39 is 0 Å². The minimum absolute atomic E-state index is 0.0488. The number of amides is 1. The molecule has 0 spiro atoms. The van der Waals surface area contributed by atoms with Crippen LogP contribution in [0.15, 0.2) is 18.2 Å². The van der Waals surface area contributed by atoms with Crippen molar-refractivity contribution in [3.8, 4) is 0 Å². The zero-order valence-electron chi connectivity index (χ0n) is 11.3. The van der Waals surface area contributed by atoms with Crippen molar-refractivity contribution in [2.45, 2.75) is 19.9 Å². The van der Waals surface area contributed by atoms with Crippen LogP contribution in [0.3, 0.4) is 0 Å². The molecule has 4 heteroatoms. The maximum Gasteiger partial charge on any atom is 0.238 e. The lowest BCUT2D eigenvalue weighted by atomic mass is 10.1. The van der Waals surface area contributed by atoms with Crippen molar-refractivity contribution in [2.75, 3.05) is 32.0 Å². The second-order valence-electron chi connectivity index (χ2n) is 5.07. The molecular formula is C14H21N3O. The third-order valence-corrected chi connectivity index (χ3v) is 3.57. The molecule has 0 atom stereocenters. The van der Waals surface area contributed by atoms with Crippen molar-refractivity contribution in [1.29, 1.82) is 0 Å². The highest BCUT2D eigenvalue weighted by Crippen LogP contribution is 2.14. The Labute approximate surface area is 108 Å². The van der Waals surface area contributed by atoms with Crippen LogP contribution in [0.4, 0.5) is 5.69 Å². The zero-order chi connectivity index (χ0) is 13.1. The number of hydrogen-bond acceptors (Lipinski definition) is 3. The molecule has 1 heterocycles. The predicted octanol–water partition coefficient (Wildman–Crippen LogP) is 1.15. The molecule has 1 aliphatic rings. The number of aryl methyl sites for hydroxylation is 2. The number of carbonyl (C=O) groups is 1. The van der Waals surface area contributed by atoms with Gasteiger partial charge in [-0.15, -0.1) is 0 Å². The third kappa shape index (κ3) is 3.09. The number of carbonyl (C=O) groups excluding carboxylic acids is 1. The first kappa shape index (κ1) is 13.1. The normalized spacial score (nSPS) is 15.6. The Hall–Kier alpha value is -1.39. The molecule has 1 amide bonds. The van der Waals surface area contributed by atoms with Crippen molar-refractivity contribution < 1.29 is 4.79 Å². The molecule has 2 rings (SSSR count). The van der Waals surface area contributed by atoms with Crippen molar-refractivity contribution in [3.05, 3.63) is 29.3 Å². The van der Waals surface area contributed by atoms with Gasteiger partial charge in [-0.3, -0.25) is 9.69 Å². The van der Waals surface area contributed by atoms with Gasteiger partial charge < -0.3 is 10.6 Å². The number of nitrogens with zero attached hydrogens (tertiary/aromatic N) is 1. The van der Waals surface area contributed by atoms with Gasteiger partial charge in [0.1, 0.15) is 0 Å². The Bertz CT molecular complexity index is 441. The first-order valence-corrected chi connectivity index (χ1v) is 6.34. The fraction of sp³-hybridized carbons (Fsp3) is 0.500. The van der Waals surface area contributed by atoms with Crippen LogP contribution in [0.5, 0.6) is 0 Å². The van der Waals surface area contributed by atoms with Gasteiger partial charge in [0.05, 0.1) is 6.54 Å². The van der Waals surface area contributed by atoms with E-state index in [1.54, 1.807) is 0 Å². The summed E-state index contributed by atoms with van der Waals surface area (Å²) in [7, 11) is 1.99. The van der Waals surface area contributed by atoms with Crippen molar-refractivity contribution in [2.24, 2.45) is 0 Å². The average Bonchev–Trinajstić information content (AvgIpc) is 2.20. The van der Waals surface area contributed by atoms with Gasteiger partial charge >= 0.3 is 0 Å². The van der Waals surface area contributed by atoms with Gasteiger partial charge in [-0.05, 0) is 44.2 Å². The second kappa shape index (κ2) is 5.50. The van der Waals surface area contributed by atoms with E-state index in [0.717, 1.165) is 18.8 Å². The SMILES string of the molecule is Cc1ccc(NC(=O)CN(C)C2CNC2)cc1C. The van der Waals surface area contributed by atoms with Crippen LogP contribution >= 0.6 is 0 Å². The van der Waals surface area contributed by atoms with Gasteiger partial charge in [0.25, 0.3) is 0 Å². The summed E-state index contributed by atoms with van der Waals surface area (Å²) < 4.78 is 0. The molecule has 1 aromatic carbocycles. The van der Waals surface area contributed by atoms with Gasteiger partial charge in [0.2, 0.25) is 5.91 Å². The maximum atomic E-state index is 11.9. The summed E-state index contributed by atoms with van der Waals surface area (Å²) in [5.41, 5.74) is 3.32. The fourth-order valence-corrected chi connectivity index (χ4v) is 1.96. The Balaban J connectivity index is 1.88. The molecule has 0 unspecified atom stereocenters. The molecule has 1 aromatic rings. The quantitative estimate of drug-likeness (QED) is 0.839. The minimum Gasteiger partial charge on any atom is -0.325 e. The molecular weight excluding hydrogens is 226 g/mol. The maximum absolute atomic E-state index is 11.9. The van der Waals surface area contributed by atoms with Crippen LogP contribution < -0.4 is 10.6 Å². The standard InChI is InChI=1S/C14H21N3O/c1-10-4-5-12(6-11(10)2)16-14(18)9-17(3)13-7-15-8-13/h4-6,13,15H,7-9H2,1-3H3,(H,16,18). The number of hydrogen-bond donors (Lipinski definition) is 2. The molecule has 0 aromatic heterocycles. The van der Waals surface area contributed by atoms with E-state index in [1.165, 1.54) is 11.1 Å². The zero-order valence-corrected chi connectivity index (χ0v) is 11.3. The first-order chi connectivity index (χ1) is 8.56. The smallest absolute Gasteiger partial charge is 0.238 e. The molecule has 0 bridgehead atoms. The average molecular weight is 247 g/mol. The van der Waals surface area contributed by atoms with Gasteiger partial charge in [-0.2, -0.15) is 0 Å². The molecule has 0 aliphatic carbocycles. The molecule has 1 saturated heterocycles. The van der Waals surface area contributed by atoms with E-state index in [1.807, 2.05) is 25.2 Å². The molecule has 4 nitrogen and oxygen atoms in total. The molecule has 0 saturated carbocycles. The number of nitrogens with one attached hydrogen (secondary N) is 2. The summed E-state index contributed by atoms with van der Waals surface area (Å²) in [6.07, 6.45) is 0. The summed E-state index contributed by atoms with van der Waals surface area (Å²) in [5, 5.41) is 6.15. The van der Waals surface area contributed by atoms with Crippen LogP contribution in [0, 0.1) is 13.8 Å². The number of likely N-dealkylation sites (N-methyl/N-ethyl adjacent to an activating group) is 1. The van der Waals surface area contributed by atoms with Gasteiger partial charge in [-0.1, -0.05) is 6.07 Å². The van der Waals surface area contributed by atoms with E-state index in [-0.39, 0.29) is 5.91 Å². The van der Waals surface area contributed by atoms with Crippen LogP contribution in [0.2, 0.25) is 0 Å². The lowest BCUT2D eigenvalue weighted by Gasteiger charge is -2.35. The highest BCUT2D eigenvalue weighted by atomic mass is 16.2. The monoisotopic (exact) mass is 247 g/mol. The van der Waals surface area contributed by atoms with Crippen LogP contribution in [0.25, 0.3) is 0 Å². The highest BCUT2D eigenvalue weighted by molar-refractivity contribution is 5.92.